The molecular weight excluding hydrogens is 314 g/mol. The van der Waals surface area contributed by atoms with Gasteiger partial charge in [-0.05, 0) is 49.9 Å². The highest BCUT2D eigenvalue weighted by molar-refractivity contribution is 5.97. The van der Waals surface area contributed by atoms with Gasteiger partial charge in [-0.2, -0.15) is 0 Å². The molecule has 0 aliphatic heterocycles. The predicted octanol–water partition coefficient (Wildman–Crippen LogP) is 5.43. The van der Waals surface area contributed by atoms with Gasteiger partial charge in [0.2, 0.25) is 0 Å². The van der Waals surface area contributed by atoms with Crippen LogP contribution in [0.3, 0.4) is 0 Å². The van der Waals surface area contributed by atoms with Crippen molar-refractivity contribution in [1.29, 1.82) is 0 Å². The van der Waals surface area contributed by atoms with Gasteiger partial charge in [-0.25, -0.2) is 0 Å². The molecule has 0 aromatic heterocycles. The van der Waals surface area contributed by atoms with Crippen LogP contribution in [0.15, 0.2) is 24.3 Å². The lowest BCUT2D eigenvalue weighted by molar-refractivity contribution is -0.140. The molecule has 25 heavy (non-hydrogen) atoms. The third kappa shape index (κ3) is 7.91. The van der Waals surface area contributed by atoms with Gasteiger partial charge in [-0.15, -0.1) is 0 Å². The lowest BCUT2D eigenvalue weighted by Gasteiger charge is -2.28. The number of benzene rings is 1. The van der Waals surface area contributed by atoms with Crippen LogP contribution in [0.4, 0.5) is 5.69 Å². The average molecular weight is 350 g/mol. The monoisotopic (exact) mass is 349 g/mol. The van der Waals surface area contributed by atoms with Crippen LogP contribution in [0.2, 0.25) is 0 Å². The van der Waals surface area contributed by atoms with Crippen molar-refractivity contribution in [2.24, 2.45) is 5.92 Å². The Balaban J connectivity index is 2.68. The van der Waals surface area contributed by atoms with Crippen LogP contribution in [0.25, 0.3) is 0 Å². The second kappa shape index (κ2) is 11.1. The van der Waals surface area contributed by atoms with Gasteiger partial charge >= 0.3 is 0 Å². The number of ether oxygens (including phenoxy) is 2. The minimum atomic E-state index is -0.780. The smallest absolute Gasteiger partial charge is 0.256 e. The highest BCUT2D eigenvalue weighted by Gasteiger charge is 2.33. The van der Waals surface area contributed by atoms with E-state index >= 15 is 0 Å². The van der Waals surface area contributed by atoms with Gasteiger partial charge in [0.25, 0.3) is 5.91 Å². The third-order valence-electron chi connectivity index (χ3n) is 4.06. The van der Waals surface area contributed by atoms with Crippen LogP contribution < -0.4 is 10.1 Å². The van der Waals surface area contributed by atoms with Crippen LogP contribution in [-0.2, 0) is 9.53 Å². The quantitative estimate of drug-likeness (QED) is 0.512. The Morgan fingerprint density at radius 2 is 1.80 bits per heavy atom. The Morgan fingerprint density at radius 1 is 1.12 bits per heavy atom. The van der Waals surface area contributed by atoms with E-state index in [1.54, 1.807) is 0 Å². The largest absolute Gasteiger partial charge is 0.493 e. The second-order valence-corrected chi connectivity index (χ2v) is 7.22. The molecule has 0 spiro atoms. The van der Waals surface area contributed by atoms with Crippen molar-refractivity contribution in [3.05, 3.63) is 24.3 Å². The van der Waals surface area contributed by atoms with E-state index in [-0.39, 0.29) is 5.91 Å². The Hall–Kier alpha value is -1.55. The molecule has 0 heterocycles. The summed E-state index contributed by atoms with van der Waals surface area (Å²) in [6.45, 7) is 11.6. The zero-order valence-electron chi connectivity index (χ0n) is 16.6. The number of anilines is 1. The van der Waals surface area contributed by atoms with E-state index in [1.165, 1.54) is 0 Å². The van der Waals surface area contributed by atoms with E-state index in [0.29, 0.717) is 19.1 Å². The first-order valence-corrected chi connectivity index (χ1v) is 9.59. The summed E-state index contributed by atoms with van der Waals surface area (Å²) in [5.74, 6) is 1.23. The molecule has 0 saturated carbocycles. The van der Waals surface area contributed by atoms with E-state index in [9.17, 15) is 4.79 Å². The van der Waals surface area contributed by atoms with Crippen molar-refractivity contribution in [3.63, 3.8) is 0 Å². The Bertz CT molecular complexity index is 498. The van der Waals surface area contributed by atoms with E-state index in [1.807, 2.05) is 31.2 Å². The van der Waals surface area contributed by atoms with E-state index < -0.39 is 5.60 Å². The maximum atomic E-state index is 12.8. The van der Waals surface area contributed by atoms with Crippen LogP contribution in [0.5, 0.6) is 5.75 Å². The number of hydrogen-bond donors (Lipinski definition) is 1. The van der Waals surface area contributed by atoms with Crippen molar-refractivity contribution < 1.29 is 14.3 Å². The molecule has 1 amide bonds. The van der Waals surface area contributed by atoms with Crippen molar-refractivity contribution in [2.45, 2.75) is 72.3 Å². The first-order chi connectivity index (χ1) is 11.9. The summed E-state index contributed by atoms with van der Waals surface area (Å²) < 4.78 is 11.6. The first-order valence-electron chi connectivity index (χ1n) is 9.59. The fourth-order valence-electron chi connectivity index (χ4n) is 2.45. The van der Waals surface area contributed by atoms with E-state index in [2.05, 4.69) is 33.0 Å². The molecule has 1 N–H and O–H groups in total. The van der Waals surface area contributed by atoms with Crippen molar-refractivity contribution in [1.82, 2.24) is 0 Å². The summed E-state index contributed by atoms with van der Waals surface area (Å²) in [6, 6.07) is 7.53. The third-order valence-corrected chi connectivity index (χ3v) is 4.06. The Labute approximate surface area is 153 Å². The molecule has 0 bridgehead atoms. The molecule has 1 aromatic carbocycles. The maximum absolute atomic E-state index is 12.8. The number of hydrogen-bond acceptors (Lipinski definition) is 3. The van der Waals surface area contributed by atoms with Crippen LogP contribution in [-0.4, -0.2) is 24.7 Å². The van der Waals surface area contributed by atoms with Crippen LogP contribution >= 0.6 is 0 Å². The fraction of sp³-hybridized carbons (Fsp3) is 0.667. The molecule has 4 heteroatoms. The lowest BCUT2D eigenvalue weighted by atomic mass is 9.96. The molecular formula is C21H35NO3. The highest BCUT2D eigenvalue weighted by atomic mass is 16.5. The fourth-order valence-corrected chi connectivity index (χ4v) is 2.45. The maximum Gasteiger partial charge on any atom is 0.256 e. The molecule has 4 nitrogen and oxygen atoms in total. The summed E-state index contributed by atoms with van der Waals surface area (Å²) in [6.07, 6.45) is 4.87. The predicted molar refractivity (Wildman–Crippen MR) is 104 cm³/mol. The number of unbranched alkanes of at least 4 members (excludes halogenated alkanes) is 2. The molecule has 0 fully saturated rings. The molecule has 142 valence electrons. The van der Waals surface area contributed by atoms with E-state index in [0.717, 1.165) is 43.5 Å². The minimum Gasteiger partial charge on any atom is -0.493 e. The molecule has 0 saturated heterocycles. The lowest BCUT2D eigenvalue weighted by Crippen LogP contribution is -2.43. The van der Waals surface area contributed by atoms with Crippen molar-refractivity contribution in [2.75, 3.05) is 18.5 Å². The Kier molecular flexibility index (Phi) is 9.58. The van der Waals surface area contributed by atoms with Crippen LogP contribution in [0.1, 0.15) is 66.7 Å². The zero-order chi connectivity index (χ0) is 18.7. The van der Waals surface area contributed by atoms with Gasteiger partial charge in [-0.3, -0.25) is 4.79 Å². The molecule has 0 aliphatic carbocycles. The number of rotatable bonds is 12. The van der Waals surface area contributed by atoms with Gasteiger partial charge in [0.15, 0.2) is 0 Å². The molecule has 0 unspecified atom stereocenters. The zero-order valence-corrected chi connectivity index (χ0v) is 16.6. The van der Waals surface area contributed by atoms with Gasteiger partial charge in [-0.1, -0.05) is 47.0 Å². The van der Waals surface area contributed by atoms with Gasteiger partial charge in [0.05, 0.1) is 6.61 Å². The highest BCUT2D eigenvalue weighted by Crippen LogP contribution is 2.23. The van der Waals surface area contributed by atoms with Crippen molar-refractivity contribution >= 4 is 11.6 Å². The number of nitrogens with one attached hydrogen (secondary N) is 1. The first kappa shape index (κ1) is 21.5. The van der Waals surface area contributed by atoms with E-state index in [4.69, 9.17) is 9.47 Å². The molecule has 1 atom stereocenters. The SMILES string of the molecule is CCCCC[C@@](C)(OCCC)C(=O)Nc1ccc(OCC(C)C)cc1. The Morgan fingerprint density at radius 3 is 2.36 bits per heavy atom. The molecule has 0 radical (unpaired) electrons. The molecule has 1 rings (SSSR count). The molecule has 1 aromatic rings. The normalized spacial score (nSPS) is 13.5. The number of carbonyl (C=O) groups excluding carboxylic acids is 1. The summed E-state index contributed by atoms with van der Waals surface area (Å²) in [5, 5.41) is 2.99. The average Bonchev–Trinajstić information content (AvgIpc) is 2.59. The standard InChI is InChI=1S/C21H35NO3/c1-6-8-9-14-21(5,25-15-7-2)20(23)22-18-10-12-19(13-11-18)24-16-17(3)4/h10-13,17H,6-9,14-16H2,1-5H3,(H,22,23)/t21-/m1/s1. The summed E-state index contributed by atoms with van der Waals surface area (Å²) in [5.41, 5.74) is -0.0124. The summed E-state index contributed by atoms with van der Waals surface area (Å²) in [7, 11) is 0. The van der Waals surface area contributed by atoms with Gasteiger partial charge < -0.3 is 14.8 Å². The summed E-state index contributed by atoms with van der Waals surface area (Å²) >= 11 is 0. The topological polar surface area (TPSA) is 47.6 Å². The van der Waals surface area contributed by atoms with Gasteiger partial charge in [0, 0.05) is 12.3 Å². The number of amides is 1. The number of carbonyl (C=O) groups is 1. The minimum absolute atomic E-state index is 0.0760. The molecule has 0 aliphatic rings. The van der Waals surface area contributed by atoms with Crippen LogP contribution in [0, 0.1) is 5.92 Å². The summed E-state index contributed by atoms with van der Waals surface area (Å²) in [4.78, 5) is 12.8. The second-order valence-electron chi connectivity index (χ2n) is 7.22. The van der Waals surface area contributed by atoms with Crippen molar-refractivity contribution in [3.8, 4) is 5.75 Å². The van der Waals surface area contributed by atoms with Gasteiger partial charge in [0.1, 0.15) is 11.4 Å².